The molecule has 0 unspecified atom stereocenters. The summed E-state index contributed by atoms with van der Waals surface area (Å²) in [5.74, 6) is -0.146. The molecule has 0 aliphatic rings. The third-order valence-electron chi connectivity index (χ3n) is 6.88. The van der Waals surface area contributed by atoms with Crippen molar-refractivity contribution in [2.75, 3.05) is 39.5 Å². The number of amides is 1. The maximum absolute atomic E-state index is 11.9. The predicted octanol–water partition coefficient (Wildman–Crippen LogP) is 4.41. The third-order valence-corrected chi connectivity index (χ3v) is 11.4. The van der Waals surface area contributed by atoms with Gasteiger partial charge in [-0.2, -0.15) is 0 Å². The molecule has 0 radical (unpaired) electrons. The average Bonchev–Trinajstić information content (AvgIpc) is 2.87. The molecular formula is C29H46N2O5Si. The second-order valence-corrected chi connectivity index (χ2v) is 15.6. The highest BCUT2D eigenvalue weighted by atomic mass is 28.4. The topological polar surface area (TPSA) is 103 Å². The second kappa shape index (κ2) is 15.4. The van der Waals surface area contributed by atoms with E-state index in [9.17, 15) is 9.90 Å². The highest BCUT2D eigenvalue weighted by molar-refractivity contribution is 6.74. The number of hydrogen-bond acceptors (Lipinski definition) is 6. The van der Waals surface area contributed by atoms with Crippen molar-refractivity contribution in [3.63, 3.8) is 0 Å². The van der Waals surface area contributed by atoms with Crippen LogP contribution in [0.1, 0.15) is 43.9 Å². The Kier molecular flexibility index (Phi) is 12.9. The summed E-state index contributed by atoms with van der Waals surface area (Å²) in [7, 11) is -1.79. The zero-order valence-corrected chi connectivity index (χ0v) is 24.3. The van der Waals surface area contributed by atoms with Crippen molar-refractivity contribution in [1.82, 2.24) is 5.32 Å². The largest absolute Gasteiger partial charge is 0.413 e. The first kappa shape index (κ1) is 31.1. The van der Waals surface area contributed by atoms with E-state index in [4.69, 9.17) is 19.6 Å². The van der Waals surface area contributed by atoms with Crippen molar-refractivity contribution >= 4 is 14.2 Å². The summed E-state index contributed by atoms with van der Waals surface area (Å²) >= 11 is 0. The molecular weight excluding hydrogens is 484 g/mol. The number of carbonyl (C=O) groups excluding carboxylic acids is 1. The van der Waals surface area contributed by atoms with E-state index in [2.05, 4.69) is 69.5 Å². The Hall–Kier alpha value is -2.07. The number of ether oxygens (including phenoxy) is 2. The Morgan fingerprint density at radius 3 is 2.30 bits per heavy atom. The Labute approximate surface area is 223 Å². The zero-order valence-electron chi connectivity index (χ0n) is 23.3. The molecule has 0 aliphatic heterocycles. The van der Waals surface area contributed by atoms with E-state index in [1.807, 2.05) is 12.1 Å². The lowest BCUT2D eigenvalue weighted by atomic mass is 9.96. The lowest BCUT2D eigenvalue weighted by Crippen LogP contribution is -2.40. The van der Waals surface area contributed by atoms with Gasteiger partial charge in [0, 0.05) is 13.1 Å². The minimum atomic E-state index is -1.79. The molecule has 0 aliphatic carbocycles. The van der Waals surface area contributed by atoms with Crippen molar-refractivity contribution < 1.29 is 23.8 Å². The molecule has 0 atom stereocenters. The summed E-state index contributed by atoms with van der Waals surface area (Å²) in [6, 6.07) is 14.7. The standard InChI is InChI=1S/C29H46N2O5Si/c1-29(2,3)37(4,5)36-21-23-8-10-24(11-9-23)26-12-13-27(20-32)25(19-26)7-6-15-31-28(33)22-35-18-17-34-16-14-30/h8-13,19,32H,6-7,14-18,20-22,30H2,1-5H3,(H,31,33). The quantitative estimate of drug-likeness (QED) is 0.219. The highest BCUT2D eigenvalue weighted by Gasteiger charge is 2.36. The number of benzene rings is 2. The Bertz CT molecular complexity index is 958. The first-order valence-corrected chi connectivity index (χ1v) is 16.1. The first-order valence-electron chi connectivity index (χ1n) is 13.2. The fraction of sp³-hybridized carbons (Fsp3) is 0.552. The first-order chi connectivity index (χ1) is 17.6. The number of hydrogen-bond donors (Lipinski definition) is 3. The SMILES string of the molecule is CC(C)(C)[Si](C)(C)OCc1ccc(-c2ccc(CO)c(CCCNC(=O)COCCOCCN)c2)cc1. The molecule has 0 bridgehead atoms. The molecule has 0 saturated heterocycles. The van der Waals surface area contributed by atoms with E-state index in [1.165, 1.54) is 5.56 Å². The zero-order chi connectivity index (χ0) is 27.3. The van der Waals surface area contributed by atoms with Gasteiger partial charge in [-0.3, -0.25) is 4.79 Å². The van der Waals surface area contributed by atoms with Gasteiger partial charge in [0.2, 0.25) is 5.91 Å². The predicted molar refractivity (Wildman–Crippen MR) is 152 cm³/mol. The van der Waals surface area contributed by atoms with Crippen LogP contribution >= 0.6 is 0 Å². The van der Waals surface area contributed by atoms with Crippen LogP contribution in [-0.2, 0) is 38.3 Å². The van der Waals surface area contributed by atoms with Gasteiger partial charge in [-0.25, -0.2) is 0 Å². The van der Waals surface area contributed by atoms with Crippen LogP contribution in [0.2, 0.25) is 18.1 Å². The van der Waals surface area contributed by atoms with E-state index in [1.54, 1.807) is 0 Å². The fourth-order valence-corrected chi connectivity index (χ4v) is 4.45. The molecule has 0 heterocycles. The van der Waals surface area contributed by atoms with Crippen LogP contribution in [0, 0.1) is 0 Å². The number of nitrogens with two attached hydrogens (primary N) is 1. The van der Waals surface area contributed by atoms with Crippen LogP contribution in [0.5, 0.6) is 0 Å². The van der Waals surface area contributed by atoms with Crippen molar-refractivity contribution in [2.45, 2.75) is 65.0 Å². The van der Waals surface area contributed by atoms with Gasteiger partial charge in [0.1, 0.15) is 6.61 Å². The summed E-state index contributed by atoms with van der Waals surface area (Å²) in [6.45, 7) is 14.2. The van der Waals surface area contributed by atoms with Gasteiger partial charge >= 0.3 is 0 Å². The molecule has 206 valence electrons. The molecule has 0 saturated carbocycles. The van der Waals surface area contributed by atoms with E-state index in [0.717, 1.165) is 35.1 Å². The molecule has 2 aromatic carbocycles. The third kappa shape index (κ3) is 10.7. The van der Waals surface area contributed by atoms with Crippen molar-refractivity contribution in [3.05, 3.63) is 59.2 Å². The Morgan fingerprint density at radius 1 is 0.973 bits per heavy atom. The van der Waals surface area contributed by atoms with Crippen molar-refractivity contribution in [2.24, 2.45) is 5.73 Å². The summed E-state index contributed by atoms with van der Waals surface area (Å²) in [6.07, 6.45) is 1.53. The Balaban J connectivity index is 1.87. The lowest BCUT2D eigenvalue weighted by molar-refractivity contribution is -0.126. The molecule has 0 aromatic heterocycles. The van der Waals surface area contributed by atoms with Gasteiger partial charge in [-0.05, 0) is 58.8 Å². The van der Waals surface area contributed by atoms with Crippen LogP contribution in [0.4, 0.5) is 0 Å². The molecule has 0 fully saturated rings. The van der Waals surface area contributed by atoms with Crippen LogP contribution < -0.4 is 11.1 Å². The molecule has 0 spiro atoms. The summed E-state index contributed by atoms with van der Waals surface area (Å²) in [5, 5.41) is 12.9. The second-order valence-electron chi connectivity index (χ2n) is 10.8. The lowest BCUT2D eigenvalue weighted by Gasteiger charge is -2.36. The monoisotopic (exact) mass is 530 g/mol. The normalized spacial score (nSPS) is 12.1. The van der Waals surface area contributed by atoms with E-state index >= 15 is 0 Å². The summed E-state index contributed by atoms with van der Waals surface area (Å²) < 4.78 is 16.9. The summed E-state index contributed by atoms with van der Waals surface area (Å²) in [4.78, 5) is 11.9. The molecule has 8 heteroatoms. The molecule has 37 heavy (non-hydrogen) atoms. The number of rotatable bonds is 16. The van der Waals surface area contributed by atoms with E-state index in [-0.39, 0.29) is 24.2 Å². The molecule has 2 rings (SSSR count). The number of aliphatic hydroxyl groups excluding tert-OH is 1. The van der Waals surface area contributed by atoms with Crippen LogP contribution in [-0.4, -0.2) is 58.8 Å². The Morgan fingerprint density at radius 2 is 1.65 bits per heavy atom. The number of aliphatic hydroxyl groups is 1. The summed E-state index contributed by atoms with van der Waals surface area (Å²) in [5.41, 5.74) is 10.8. The molecule has 7 nitrogen and oxygen atoms in total. The van der Waals surface area contributed by atoms with E-state index < -0.39 is 8.32 Å². The highest BCUT2D eigenvalue weighted by Crippen LogP contribution is 2.37. The van der Waals surface area contributed by atoms with Gasteiger partial charge in [-0.15, -0.1) is 0 Å². The van der Waals surface area contributed by atoms with E-state index in [0.29, 0.717) is 39.5 Å². The van der Waals surface area contributed by atoms with Crippen molar-refractivity contribution in [1.29, 1.82) is 0 Å². The van der Waals surface area contributed by atoms with Crippen LogP contribution in [0.3, 0.4) is 0 Å². The molecule has 1 amide bonds. The van der Waals surface area contributed by atoms with Gasteiger partial charge in [-0.1, -0.05) is 63.2 Å². The van der Waals surface area contributed by atoms with Crippen molar-refractivity contribution in [3.8, 4) is 11.1 Å². The minimum absolute atomic E-state index is 0.00817. The number of aryl methyl sites for hydroxylation is 1. The molecule has 2 aromatic rings. The molecule has 4 N–H and O–H groups in total. The average molecular weight is 531 g/mol. The number of nitrogens with one attached hydrogen (secondary N) is 1. The van der Waals surface area contributed by atoms with Gasteiger partial charge in [0.05, 0.1) is 33.0 Å². The fourth-order valence-electron chi connectivity index (χ4n) is 3.49. The van der Waals surface area contributed by atoms with Gasteiger partial charge in [0.15, 0.2) is 8.32 Å². The maximum Gasteiger partial charge on any atom is 0.245 e. The van der Waals surface area contributed by atoms with Gasteiger partial charge in [0.25, 0.3) is 0 Å². The van der Waals surface area contributed by atoms with Crippen LogP contribution in [0.15, 0.2) is 42.5 Å². The van der Waals surface area contributed by atoms with Gasteiger partial charge < -0.3 is 30.1 Å². The van der Waals surface area contributed by atoms with Crippen LogP contribution in [0.25, 0.3) is 11.1 Å². The minimum Gasteiger partial charge on any atom is -0.413 e. The smallest absolute Gasteiger partial charge is 0.245 e. The number of carbonyl (C=O) groups is 1. The maximum atomic E-state index is 11.9.